The Morgan fingerprint density at radius 2 is 2.12 bits per heavy atom. The highest BCUT2D eigenvalue weighted by Gasteiger charge is 2.06. The second kappa shape index (κ2) is 4.95. The SMILES string of the molecule is Nc1nnc(SCc2ccc(Cl)cc2Cl)o1. The number of benzene rings is 1. The highest BCUT2D eigenvalue weighted by Crippen LogP contribution is 2.28. The minimum atomic E-state index is 0.0599. The summed E-state index contributed by atoms with van der Waals surface area (Å²) in [6.45, 7) is 0. The van der Waals surface area contributed by atoms with Crippen molar-refractivity contribution in [3.8, 4) is 0 Å². The molecule has 2 rings (SSSR count). The average molecular weight is 276 g/mol. The maximum Gasteiger partial charge on any atom is 0.313 e. The molecule has 0 unspecified atom stereocenters. The van der Waals surface area contributed by atoms with Gasteiger partial charge in [-0.3, -0.25) is 0 Å². The van der Waals surface area contributed by atoms with Crippen molar-refractivity contribution in [3.63, 3.8) is 0 Å². The molecule has 0 aliphatic heterocycles. The van der Waals surface area contributed by atoms with Crippen LogP contribution in [0.25, 0.3) is 0 Å². The molecular formula is C9H7Cl2N3OS. The van der Waals surface area contributed by atoms with Crippen LogP contribution in [0.3, 0.4) is 0 Å². The van der Waals surface area contributed by atoms with Gasteiger partial charge in [0.1, 0.15) is 0 Å². The van der Waals surface area contributed by atoms with E-state index in [-0.39, 0.29) is 6.01 Å². The van der Waals surface area contributed by atoms with E-state index in [0.29, 0.717) is 21.0 Å². The van der Waals surface area contributed by atoms with Gasteiger partial charge in [-0.05, 0) is 17.7 Å². The molecule has 84 valence electrons. The van der Waals surface area contributed by atoms with Crippen LogP contribution in [-0.4, -0.2) is 10.2 Å². The van der Waals surface area contributed by atoms with Crippen molar-refractivity contribution >= 4 is 41.0 Å². The second-order valence-corrected chi connectivity index (χ2v) is 4.70. The number of hydrogen-bond acceptors (Lipinski definition) is 5. The fraction of sp³-hybridized carbons (Fsp3) is 0.111. The lowest BCUT2D eigenvalue weighted by atomic mass is 10.2. The van der Waals surface area contributed by atoms with Crippen molar-refractivity contribution < 1.29 is 4.42 Å². The largest absolute Gasteiger partial charge is 0.398 e. The van der Waals surface area contributed by atoms with Crippen molar-refractivity contribution in [2.75, 3.05) is 5.73 Å². The minimum Gasteiger partial charge on any atom is -0.398 e. The van der Waals surface area contributed by atoms with Gasteiger partial charge in [0, 0.05) is 15.8 Å². The maximum absolute atomic E-state index is 6.01. The zero-order chi connectivity index (χ0) is 11.5. The summed E-state index contributed by atoms with van der Waals surface area (Å²) >= 11 is 13.2. The molecule has 2 N–H and O–H groups in total. The van der Waals surface area contributed by atoms with Gasteiger partial charge >= 0.3 is 6.01 Å². The predicted octanol–water partition coefficient (Wildman–Crippen LogP) is 3.25. The molecule has 0 aliphatic carbocycles. The molecule has 16 heavy (non-hydrogen) atoms. The quantitative estimate of drug-likeness (QED) is 0.872. The molecular weight excluding hydrogens is 269 g/mol. The average Bonchev–Trinajstić information content (AvgIpc) is 2.63. The third kappa shape index (κ3) is 2.81. The molecule has 4 nitrogen and oxygen atoms in total. The first-order valence-electron chi connectivity index (χ1n) is 4.31. The first-order chi connectivity index (χ1) is 7.65. The Balaban J connectivity index is 2.04. The number of halogens is 2. The van der Waals surface area contributed by atoms with Crippen molar-refractivity contribution in [2.24, 2.45) is 0 Å². The Hall–Kier alpha value is -0.910. The molecule has 0 bridgehead atoms. The monoisotopic (exact) mass is 275 g/mol. The minimum absolute atomic E-state index is 0.0599. The van der Waals surface area contributed by atoms with E-state index in [2.05, 4.69) is 10.2 Å². The van der Waals surface area contributed by atoms with Gasteiger partial charge in [0.15, 0.2) is 0 Å². The second-order valence-electron chi connectivity index (χ2n) is 2.93. The van der Waals surface area contributed by atoms with Crippen LogP contribution in [0.15, 0.2) is 27.8 Å². The molecule has 1 aromatic heterocycles. The summed E-state index contributed by atoms with van der Waals surface area (Å²) in [5.74, 6) is 0.623. The molecule has 1 aromatic carbocycles. The third-order valence-corrected chi connectivity index (χ3v) is 3.24. The van der Waals surface area contributed by atoms with Crippen LogP contribution >= 0.6 is 35.0 Å². The smallest absolute Gasteiger partial charge is 0.313 e. The van der Waals surface area contributed by atoms with E-state index in [1.54, 1.807) is 12.1 Å². The van der Waals surface area contributed by atoms with Gasteiger partial charge in [-0.25, -0.2) is 0 Å². The van der Waals surface area contributed by atoms with Crippen LogP contribution in [0.5, 0.6) is 0 Å². The summed E-state index contributed by atoms with van der Waals surface area (Å²) in [6, 6.07) is 5.40. The highest BCUT2D eigenvalue weighted by molar-refractivity contribution is 7.98. The molecule has 0 radical (unpaired) electrons. The van der Waals surface area contributed by atoms with Gasteiger partial charge in [-0.15, -0.1) is 0 Å². The first-order valence-corrected chi connectivity index (χ1v) is 6.05. The fourth-order valence-electron chi connectivity index (χ4n) is 1.06. The number of nitrogens with zero attached hydrogens (tertiary/aromatic N) is 2. The van der Waals surface area contributed by atoms with E-state index in [9.17, 15) is 0 Å². The third-order valence-electron chi connectivity index (χ3n) is 1.79. The van der Waals surface area contributed by atoms with Crippen molar-refractivity contribution in [2.45, 2.75) is 11.0 Å². The topological polar surface area (TPSA) is 64.9 Å². The van der Waals surface area contributed by atoms with Crippen LogP contribution in [0, 0.1) is 0 Å². The van der Waals surface area contributed by atoms with Crippen LogP contribution in [0.1, 0.15) is 5.56 Å². The number of rotatable bonds is 3. The summed E-state index contributed by atoms with van der Waals surface area (Å²) < 4.78 is 5.02. The van der Waals surface area contributed by atoms with E-state index in [1.807, 2.05) is 6.07 Å². The van der Waals surface area contributed by atoms with Gasteiger partial charge in [-0.2, -0.15) is 0 Å². The van der Waals surface area contributed by atoms with Gasteiger partial charge in [0.05, 0.1) is 0 Å². The van der Waals surface area contributed by atoms with Crippen LogP contribution in [0.2, 0.25) is 10.0 Å². The zero-order valence-electron chi connectivity index (χ0n) is 7.98. The van der Waals surface area contributed by atoms with E-state index < -0.39 is 0 Å². The summed E-state index contributed by atoms with van der Waals surface area (Å²) in [5, 5.41) is 8.93. The van der Waals surface area contributed by atoms with E-state index >= 15 is 0 Å². The Bertz CT molecular complexity index is 503. The maximum atomic E-state index is 6.01. The van der Waals surface area contributed by atoms with Gasteiger partial charge < -0.3 is 10.2 Å². The van der Waals surface area contributed by atoms with Crippen molar-refractivity contribution in [1.82, 2.24) is 10.2 Å². The molecule has 0 aliphatic rings. The molecule has 0 saturated carbocycles. The fourth-order valence-corrected chi connectivity index (χ4v) is 2.39. The van der Waals surface area contributed by atoms with Crippen LogP contribution in [0.4, 0.5) is 6.01 Å². The lowest BCUT2D eigenvalue weighted by molar-refractivity contribution is 0.470. The number of hydrogen-bond donors (Lipinski definition) is 1. The number of anilines is 1. The molecule has 1 heterocycles. The number of thioether (sulfide) groups is 1. The molecule has 7 heteroatoms. The Morgan fingerprint density at radius 1 is 1.31 bits per heavy atom. The number of nitrogens with two attached hydrogens (primary N) is 1. The summed E-state index contributed by atoms with van der Waals surface area (Å²) in [5.41, 5.74) is 6.25. The summed E-state index contributed by atoms with van der Waals surface area (Å²) in [7, 11) is 0. The summed E-state index contributed by atoms with van der Waals surface area (Å²) in [6.07, 6.45) is 0. The Morgan fingerprint density at radius 3 is 2.75 bits per heavy atom. The predicted molar refractivity (Wildman–Crippen MR) is 64.7 cm³/mol. The number of aromatic nitrogens is 2. The molecule has 0 amide bonds. The Labute approximate surface area is 106 Å². The van der Waals surface area contributed by atoms with Crippen LogP contribution < -0.4 is 5.73 Å². The van der Waals surface area contributed by atoms with Gasteiger partial charge in [0.25, 0.3) is 5.22 Å². The lowest BCUT2D eigenvalue weighted by Gasteiger charge is -2.01. The van der Waals surface area contributed by atoms with Gasteiger partial charge in [-0.1, -0.05) is 51.2 Å². The standard InChI is InChI=1S/C9H7Cl2N3OS/c10-6-2-1-5(7(11)3-6)4-16-9-14-13-8(12)15-9/h1-3H,4H2,(H2,12,13). The zero-order valence-corrected chi connectivity index (χ0v) is 10.3. The molecule has 0 saturated heterocycles. The molecule has 0 spiro atoms. The van der Waals surface area contributed by atoms with E-state index in [4.69, 9.17) is 33.4 Å². The van der Waals surface area contributed by atoms with Crippen LogP contribution in [-0.2, 0) is 5.75 Å². The molecule has 0 fully saturated rings. The van der Waals surface area contributed by atoms with Crippen molar-refractivity contribution in [3.05, 3.63) is 33.8 Å². The van der Waals surface area contributed by atoms with Gasteiger partial charge in [0.2, 0.25) is 0 Å². The van der Waals surface area contributed by atoms with E-state index in [1.165, 1.54) is 11.8 Å². The Kier molecular flexibility index (Phi) is 3.58. The number of nitrogen functional groups attached to an aromatic ring is 1. The summed E-state index contributed by atoms with van der Waals surface area (Å²) in [4.78, 5) is 0. The lowest BCUT2D eigenvalue weighted by Crippen LogP contribution is -1.82. The normalized spacial score (nSPS) is 10.6. The molecule has 2 aromatic rings. The molecule has 0 atom stereocenters. The highest BCUT2D eigenvalue weighted by atomic mass is 35.5. The first kappa shape index (κ1) is 11.6. The van der Waals surface area contributed by atoms with Crippen molar-refractivity contribution in [1.29, 1.82) is 0 Å². The van der Waals surface area contributed by atoms with E-state index in [0.717, 1.165) is 5.56 Å².